The monoisotopic (exact) mass is 470 g/mol. The van der Waals surface area contributed by atoms with Gasteiger partial charge >= 0.3 is 12.1 Å². The Labute approximate surface area is 195 Å². The molecular formula is C25H25F3N4O2. The van der Waals surface area contributed by atoms with Gasteiger partial charge in [-0.05, 0) is 60.0 Å². The molecule has 0 spiro atoms. The van der Waals surface area contributed by atoms with E-state index in [1.54, 1.807) is 12.1 Å². The lowest BCUT2D eigenvalue weighted by atomic mass is 9.93. The van der Waals surface area contributed by atoms with Crippen LogP contribution < -0.4 is 15.5 Å². The normalized spacial score (nSPS) is 15.5. The van der Waals surface area contributed by atoms with Crippen LogP contribution in [-0.2, 0) is 12.8 Å². The van der Waals surface area contributed by atoms with Gasteiger partial charge in [-0.2, -0.15) is 13.2 Å². The van der Waals surface area contributed by atoms with Crippen molar-refractivity contribution in [3.8, 4) is 0 Å². The molecule has 0 aliphatic carbocycles. The molecule has 0 bridgehead atoms. The zero-order valence-corrected chi connectivity index (χ0v) is 18.6. The molecule has 1 aliphatic rings. The third kappa shape index (κ3) is 5.48. The summed E-state index contributed by atoms with van der Waals surface area (Å²) in [5.41, 5.74) is 4.91. The molecule has 0 saturated carbocycles. The molecule has 0 fully saturated rings. The zero-order valence-electron chi connectivity index (χ0n) is 18.6. The predicted octanol–water partition coefficient (Wildman–Crippen LogP) is 4.95. The minimum Gasteiger partial charge on any atom is -0.478 e. The fraction of sp³-hybridized carbons (Fsp3) is 0.280. The maximum atomic E-state index is 12.6. The Kier molecular flexibility index (Phi) is 6.74. The molecule has 1 aromatic heterocycles. The molecule has 3 N–H and O–H groups in total. The molecule has 2 aromatic carbocycles. The van der Waals surface area contributed by atoms with Crippen LogP contribution in [0.2, 0.25) is 0 Å². The number of anilines is 3. The number of halogens is 3. The Morgan fingerprint density at radius 2 is 1.91 bits per heavy atom. The van der Waals surface area contributed by atoms with Gasteiger partial charge in [0.1, 0.15) is 0 Å². The SMILES string of the molecule is CN(c1ccc(CC(F)(F)F)cc1)c1ccc2c(c1)CCN[C@H]2CNc1cnccc1C(=O)O. The van der Waals surface area contributed by atoms with Crippen LogP contribution in [0, 0.1) is 0 Å². The van der Waals surface area contributed by atoms with Crippen LogP contribution >= 0.6 is 0 Å². The van der Waals surface area contributed by atoms with Gasteiger partial charge in [0.15, 0.2) is 0 Å². The van der Waals surface area contributed by atoms with Gasteiger partial charge in [-0.15, -0.1) is 0 Å². The molecule has 9 heteroatoms. The molecule has 6 nitrogen and oxygen atoms in total. The highest BCUT2D eigenvalue weighted by molar-refractivity contribution is 5.93. The Balaban J connectivity index is 1.48. The minimum atomic E-state index is -4.22. The second kappa shape index (κ2) is 9.72. The van der Waals surface area contributed by atoms with E-state index < -0.39 is 18.6 Å². The smallest absolute Gasteiger partial charge is 0.393 e. The molecule has 34 heavy (non-hydrogen) atoms. The van der Waals surface area contributed by atoms with Gasteiger partial charge in [-0.25, -0.2) is 4.79 Å². The lowest BCUT2D eigenvalue weighted by molar-refractivity contribution is -0.127. The fourth-order valence-electron chi connectivity index (χ4n) is 4.18. The Hall–Kier alpha value is -3.59. The van der Waals surface area contributed by atoms with Crippen molar-refractivity contribution in [3.63, 3.8) is 0 Å². The molecule has 1 aliphatic heterocycles. The van der Waals surface area contributed by atoms with Gasteiger partial charge in [-0.3, -0.25) is 4.98 Å². The third-order valence-corrected chi connectivity index (χ3v) is 5.95. The number of carboxylic acids is 1. The Morgan fingerprint density at radius 3 is 2.62 bits per heavy atom. The van der Waals surface area contributed by atoms with Gasteiger partial charge in [0, 0.05) is 37.2 Å². The lowest BCUT2D eigenvalue weighted by Gasteiger charge is -2.29. The van der Waals surface area contributed by atoms with Gasteiger partial charge < -0.3 is 20.6 Å². The number of nitrogens with zero attached hydrogens (tertiary/aromatic N) is 2. The summed E-state index contributed by atoms with van der Waals surface area (Å²) in [6.45, 7) is 1.27. The summed E-state index contributed by atoms with van der Waals surface area (Å²) >= 11 is 0. The number of hydrogen-bond donors (Lipinski definition) is 3. The molecule has 1 atom stereocenters. The highest BCUT2D eigenvalue weighted by Gasteiger charge is 2.27. The van der Waals surface area contributed by atoms with Gasteiger partial charge in [0.2, 0.25) is 0 Å². The molecule has 178 valence electrons. The lowest BCUT2D eigenvalue weighted by Crippen LogP contribution is -2.34. The van der Waals surface area contributed by atoms with Gasteiger partial charge in [-0.1, -0.05) is 18.2 Å². The van der Waals surface area contributed by atoms with E-state index in [0.717, 1.165) is 29.9 Å². The first-order chi connectivity index (χ1) is 16.2. The number of fused-ring (bicyclic) bond motifs is 1. The molecule has 3 aromatic rings. The number of aromatic nitrogens is 1. The summed E-state index contributed by atoms with van der Waals surface area (Å²) in [5, 5.41) is 16.0. The van der Waals surface area contributed by atoms with Crippen molar-refractivity contribution in [2.75, 3.05) is 30.4 Å². The van der Waals surface area contributed by atoms with Gasteiger partial charge in [0.05, 0.1) is 23.9 Å². The highest BCUT2D eigenvalue weighted by Crippen LogP contribution is 2.31. The number of carboxylic acid groups (broad SMARTS) is 1. The first-order valence-corrected chi connectivity index (χ1v) is 10.9. The summed E-state index contributed by atoms with van der Waals surface area (Å²) in [7, 11) is 1.89. The van der Waals surface area contributed by atoms with Crippen molar-refractivity contribution < 1.29 is 23.1 Å². The van der Waals surface area contributed by atoms with Crippen LogP contribution in [-0.4, -0.2) is 42.4 Å². The molecule has 0 amide bonds. The molecule has 0 unspecified atom stereocenters. The first kappa shape index (κ1) is 23.6. The molecule has 4 rings (SSSR count). The second-order valence-electron chi connectivity index (χ2n) is 8.26. The number of rotatable bonds is 7. The Bertz CT molecular complexity index is 1170. The van der Waals surface area contributed by atoms with Gasteiger partial charge in [0.25, 0.3) is 0 Å². The fourth-order valence-corrected chi connectivity index (χ4v) is 4.18. The van der Waals surface area contributed by atoms with E-state index in [9.17, 15) is 23.1 Å². The topological polar surface area (TPSA) is 77.5 Å². The van der Waals surface area contributed by atoms with Crippen LogP contribution in [0.3, 0.4) is 0 Å². The summed E-state index contributed by atoms with van der Waals surface area (Å²) < 4.78 is 37.8. The van der Waals surface area contributed by atoms with Crippen molar-refractivity contribution in [1.82, 2.24) is 10.3 Å². The maximum absolute atomic E-state index is 12.6. The highest BCUT2D eigenvalue weighted by atomic mass is 19.4. The minimum absolute atomic E-state index is 0.00777. The molecule has 0 radical (unpaired) electrons. The van der Waals surface area contributed by atoms with E-state index in [2.05, 4.69) is 21.7 Å². The van der Waals surface area contributed by atoms with Crippen molar-refractivity contribution in [1.29, 1.82) is 0 Å². The number of aromatic carboxylic acids is 1. The largest absolute Gasteiger partial charge is 0.478 e. The number of benzene rings is 2. The van der Waals surface area contributed by atoms with E-state index in [-0.39, 0.29) is 17.2 Å². The quantitative estimate of drug-likeness (QED) is 0.454. The zero-order chi connectivity index (χ0) is 24.3. The number of pyridine rings is 1. The Morgan fingerprint density at radius 1 is 1.18 bits per heavy atom. The summed E-state index contributed by atoms with van der Waals surface area (Å²) in [6.07, 6.45) is -1.37. The van der Waals surface area contributed by atoms with Crippen molar-refractivity contribution in [2.24, 2.45) is 0 Å². The van der Waals surface area contributed by atoms with E-state index in [1.165, 1.54) is 36.2 Å². The van der Waals surface area contributed by atoms with E-state index in [0.29, 0.717) is 12.2 Å². The van der Waals surface area contributed by atoms with Crippen molar-refractivity contribution in [2.45, 2.75) is 25.1 Å². The molecular weight excluding hydrogens is 445 g/mol. The number of alkyl halides is 3. The third-order valence-electron chi connectivity index (χ3n) is 5.95. The standard InChI is InChI=1S/C25H25F3N4O2/c1-32(18-4-2-16(3-5-18)13-25(26,27)28)19-6-7-20-17(12-19)8-11-30-23(20)15-31-22-14-29-10-9-21(22)24(33)34/h2-7,9-10,12,14,23,30-31H,8,11,13,15H2,1H3,(H,33,34)/t23-/m0/s1. The summed E-state index contributed by atoms with van der Waals surface area (Å²) in [5.74, 6) is -1.01. The van der Waals surface area contributed by atoms with Crippen LogP contribution in [0.25, 0.3) is 0 Å². The van der Waals surface area contributed by atoms with E-state index in [1.807, 2.05) is 24.1 Å². The molecule has 0 saturated heterocycles. The summed E-state index contributed by atoms with van der Waals surface area (Å²) in [6, 6.07) is 14.0. The van der Waals surface area contributed by atoms with Crippen LogP contribution in [0.1, 0.15) is 33.1 Å². The van der Waals surface area contributed by atoms with Crippen LogP contribution in [0.4, 0.5) is 30.2 Å². The van der Waals surface area contributed by atoms with Crippen molar-refractivity contribution in [3.05, 3.63) is 83.2 Å². The molecule has 2 heterocycles. The van der Waals surface area contributed by atoms with E-state index in [4.69, 9.17) is 0 Å². The first-order valence-electron chi connectivity index (χ1n) is 10.9. The number of nitrogens with one attached hydrogen (secondary N) is 2. The average Bonchev–Trinajstić information content (AvgIpc) is 2.81. The van der Waals surface area contributed by atoms with Crippen LogP contribution in [0.15, 0.2) is 60.9 Å². The van der Waals surface area contributed by atoms with E-state index >= 15 is 0 Å². The number of hydrogen-bond acceptors (Lipinski definition) is 5. The second-order valence-corrected chi connectivity index (χ2v) is 8.26. The average molecular weight is 470 g/mol. The predicted molar refractivity (Wildman–Crippen MR) is 125 cm³/mol. The van der Waals surface area contributed by atoms with Crippen molar-refractivity contribution >= 4 is 23.0 Å². The number of carbonyl (C=O) groups is 1. The maximum Gasteiger partial charge on any atom is 0.393 e. The van der Waals surface area contributed by atoms with Crippen LogP contribution in [0.5, 0.6) is 0 Å². The summed E-state index contributed by atoms with van der Waals surface area (Å²) in [4.78, 5) is 17.4.